The van der Waals surface area contributed by atoms with Crippen LogP contribution in [0.2, 0.25) is 0 Å². The molecular formula is C11H10N4O. The largest absolute Gasteiger partial charge is 0.496 e. The fraction of sp³-hybridized carbons (Fsp3) is 0.182. The molecule has 2 aromatic rings. The monoisotopic (exact) mass is 214 g/mol. The Morgan fingerprint density at radius 3 is 3.00 bits per heavy atom. The van der Waals surface area contributed by atoms with Crippen molar-refractivity contribution in [3.63, 3.8) is 0 Å². The van der Waals surface area contributed by atoms with Crippen molar-refractivity contribution in [3.05, 3.63) is 41.7 Å². The van der Waals surface area contributed by atoms with Gasteiger partial charge in [0.05, 0.1) is 31.5 Å². The highest BCUT2D eigenvalue weighted by molar-refractivity contribution is 5.42. The maximum Gasteiger partial charge on any atom is 0.125 e. The number of hydrogen-bond acceptors (Lipinski definition) is 4. The Hall–Kier alpha value is -2.35. The predicted molar refractivity (Wildman–Crippen MR) is 56.8 cm³/mol. The maximum atomic E-state index is 8.77. The topological polar surface area (TPSA) is 63.7 Å². The second kappa shape index (κ2) is 4.45. The first-order chi connectivity index (χ1) is 7.83. The zero-order chi connectivity index (χ0) is 11.4. The number of rotatable bonds is 3. The Labute approximate surface area is 92.9 Å². The van der Waals surface area contributed by atoms with E-state index in [2.05, 4.69) is 16.4 Å². The number of aromatic nitrogens is 3. The van der Waals surface area contributed by atoms with Gasteiger partial charge in [-0.2, -0.15) is 5.26 Å². The van der Waals surface area contributed by atoms with Crippen LogP contribution in [0.25, 0.3) is 0 Å². The lowest BCUT2D eigenvalue weighted by Crippen LogP contribution is -2.02. The van der Waals surface area contributed by atoms with Crippen LogP contribution in [0.5, 0.6) is 5.75 Å². The van der Waals surface area contributed by atoms with Crippen LogP contribution >= 0.6 is 0 Å². The van der Waals surface area contributed by atoms with Gasteiger partial charge in [-0.3, -0.25) is 0 Å². The first-order valence-corrected chi connectivity index (χ1v) is 4.74. The summed E-state index contributed by atoms with van der Waals surface area (Å²) < 4.78 is 6.92. The van der Waals surface area contributed by atoms with Crippen molar-refractivity contribution < 1.29 is 4.74 Å². The minimum atomic E-state index is 0.578. The lowest BCUT2D eigenvalue weighted by atomic mass is 10.1. The smallest absolute Gasteiger partial charge is 0.125 e. The normalized spacial score (nSPS) is 9.75. The average molecular weight is 214 g/mol. The maximum absolute atomic E-state index is 8.77. The molecule has 0 aliphatic rings. The van der Waals surface area contributed by atoms with E-state index in [1.807, 2.05) is 6.07 Å². The van der Waals surface area contributed by atoms with Gasteiger partial charge in [0.2, 0.25) is 0 Å². The highest BCUT2D eigenvalue weighted by Crippen LogP contribution is 2.20. The number of hydrogen-bond donors (Lipinski definition) is 0. The number of methoxy groups -OCH3 is 1. The van der Waals surface area contributed by atoms with Gasteiger partial charge in [0.25, 0.3) is 0 Å². The van der Waals surface area contributed by atoms with E-state index in [1.165, 1.54) is 0 Å². The summed E-state index contributed by atoms with van der Waals surface area (Å²) in [6, 6.07) is 7.41. The van der Waals surface area contributed by atoms with Crippen LogP contribution in [-0.4, -0.2) is 22.1 Å². The van der Waals surface area contributed by atoms with Crippen molar-refractivity contribution >= 4 is 0 Å². The molecule has 1 aromatic heterocycles. The van der Waals surface area contributed by atoms with Gasteiger partial charge in [0, 0.05) is 11.8 Å². The van der Waals surface area contributed by atoms with E-state index in [9.17, 15) is 0 Å². The van der Waals surface area contributed by atoms with Gasteiger partial charge in [-0.25, -0.2) is 4.68 Å². The molecule has 0 atom stereocenters. The third-order valence-electron chi connectivity index (χ3n) is 2.22. The standard InChI is InChI=1S/C11H10N4O/c1-16-11-6-9(7-12)2-3-10(11)8-15-5-4-13-14-15/h2-6H,8H2,1H3. The van der Waals surface area contributed by atoms with E-state index in [4.69, 9.17) is 10.00 Å². The molecule has 0 saturated heterocycles. The van der Waals surface area contributed by atoms with Crippen LogP contribution < -0.4 is 4.74 Å². The summed E-state index contributed by atoms with van der Waals surface area (Å²) >= 11 is 0. The molecule has 1 aromatic carbocycles. The first-order valence-electron chi connectivity index (χ1n) is 4.74. The van der Waals surface area contributed by atoms with Gasteiger partial charge in [-0.1, -0.05) is 11.3 Å². The fourth-order valence-electron chi connectivity index (χ4n) is 1.44. The second-order valence-electron chi connectivity index (χ2n) is 3.24. The SMILES string of the molecule is COc1cc(C#N)ccc1Cn1ccnn1. The highest BCUT2D eigenvalue weighted by Gasteiger charge is 2.05. The summed E-state index contributed by atoms with van der Waals surface area (Å²) in [4.78, 5) is 0. The van der Waals surface area contributed by atoms with E-state index in [1.54, 1.807) is 36.3 Å². The molecule has 80 valence electrons. The Kier molecular flexibility index (Phi) is 2.83. The van der Waals surface area contributed by atoms with E-state index in [0.29, 0.717) is 17.9 Å². The lowest BCUT2D eigenvalue weighted by Gasteiger charge is -2.08. The molecule has 0 fully saturated rings. The molecule has 0 saturated carbocycles. The summed E-state index contributed by atoms with van der Waals surface area (Å²) in [7, 11) is 1.58. The predicted octanol–water partition coefficient (Wildman–Crippen LogP) is 1.21. The Bertz CT molecular complexity index is 513. The highest BCUT2D eigenvalue weighted by atomic mass is 16.5. The molecule has 0 radical (unpaired) electrons. The molecule has 0 bridgehead atoms. The van der Waals surface area contributed by atoms with Gasteiger partial charge >= 0.3 is 0 Å². The number of benzene rings is 1. The molecule has 0 amide bonds. The molecule has 16 heavy (non-hydrogen) atoms. The molecule has 0 unspecified atom stereocenters. The van der Waals surface area contributed by atoms with Gasteiger partial charge in [-0.15, -0.1) is 5.10 Å². The van der Waals surface area contributed by atoms with E-state index in [-0.39, 0.29) is 0 Å². The van der Waals surface area contributed by atoms with E-state index >= 15 is 0 Å². The zero-order valence-corrected chi connectivity index (χ0v) is 8.79. The molecule has 2 rings (SSSR count). The summed E-state index contributed by atoms with van der Waals surface area (Å²) in [5.74, 6) is 0.689. The lowest BCUT2D eigenvalue weighted by molar-refractivity contribution is 0.407. The van der Waals surface area contributed by atoms with Crippen molar-refractivity contribution in [1.29, 1.82) is 5.26 Å². The summed E-state index contributed by atoms with van der Waals surface area (Å²) in [6.07, 6.45) is 3.40. The van der Waals surface area contributed by atoms with Crippen molar-refractivity contribution in [2.75, 3.05) is 7.11 Å². The van der Waals surface area contributed by atoms with Crippen molar-refractivity contribution in [2.24, 2.45) is 0 Å². The quantitative estimate of drug-likeness (QED) is 0.770. The molecule has 0 N–H and O–H groups in total. The van der Waals surface area contributed by atoms with E-state index < -0.39 is 0 Å². The molecule has 1 heterocycles. The number of nitrogens with zero attached hydrogens (tertiary/aromatic N) is 4. The molecule has 5 nitrogen and oxygen atoms in total. The Morgan fingerprint density at radius 2 is 2.38 bits per heavy atom. The average Bonchev–Trinajstić information content (AvgIpc) is 2.82. The van der Waals surface area contributed by atoms with E-state index in [0.717, 1.165) is 5.56 Å². The fourth-order valence-corrected chi connectivity index (χ4v) is 1.44. The second-order valence-corrected chi connectivity index (χ2v) is 3.24. The van der Waals surface area contributed by atoms with Crippen molar-refractivity contribution in [2.45, 2.75) is 6.54 Å². The molecule has 5 heteroatoms. The van der Waals surface area contributed by atoms with Crippen LogP contribution in [0.4, 0.5) is 0 Å². The van der Waals surface area contributed by atoms with Crippen molar-refractivity contribution in [1.82, 2.24) is 15.0 Å². The summed E-state index contributed by atoms with van der Waals surface area (Å²) in [6.45, 7) is 0.578. The molecule has 0 aliphatic heterocycles. The van der Waals surface area contributed by atoms with Gasteiger partial charge in [0.1, 0.15) is 5.75 Å². The minimum absolute atomic E-state index is 0.578. The Morgan fingerprint density at radius 1 is 1.50 bits per heavy atom. The van der Waals surface area contributed by atoms with Crippen LogP contribution in [-0.2, 0) is 6.54 Å². The number of nitriles is 1. The van der Waals surface area contributed by atoms with Gasteiger partial charge < -0.3 is 4.74 Å². The molecule has 0 aliphatic carbocycles. The summed E-state index contributed by atoms with van der Waals surface area (Å²) in [5.41, 5.74) is 1.55. The zero-order valence-electron chi connectivity index (χ0n) is 8.79. The van der Waals surface area contributed by atoms with Crippen LogP contribution in [0, 0.1) is 11.3 Å². The molecular weight excluding hydrogens is 204 g/mol. The number of ether oxygens (including phenoxy) is 1. The summed E-state index contributed by atoms with van der Waals surface area (Å²) in [5, 5.41) is 16.4. The third-order valence-corrected chi connectivity index (χ3v) is 2.22. The van der Waals surface area contributed by atoms with Crippen molar-refractivity contribution in [3.8, 4) is 11.8 Å². The molecule has 0 spiro atoms. The first kappa shape index (κ1) is 10.2. The van der Waals surface area contributed by atoms with Gasteiger partial charge in [-0.05, 0) is 12.1 Å². The van der Waals surface area contributed by atoms with Crippen LogP contribution in [0.3, 0.4) is 0 Å². The van der Waals surface area contributed by atoms with Gasteiger partial charge in [0.15, 0.2) is 0 Å². The van der Waals surface area contributed by atoms with Crippen LogP contribution in [0.1, 0.15) is 11.1 Å². The third kappa shape index (κ3) is 2.01. The Balaban J connectivity index is 2.31. The minimum Gasteiger partial charge on any atom is -0.496 e. The van der Waals surface area contributed by atoms with Crippen LogP contribution in [0.15, 0.2) is 30.6 Å².